The molecule has 0 saturated carbocycles. The van der Waals surface area contributed by atoms with E-state index in [2.05, 4.69) is 49.2 Å². The fourth-order valence-electron chi connectivity index (χ4n) is 2.52. The molecule has 1 unspecified atom stereocenters. The molecule has 3 nitrogen and oxygen atoms in total. The predicted octanol–water partition coefficient (Wildman–Crippen LogP) is 1.98. The fourth-order valence-corrected chi connectivity index (χ4v) is 2.52. The standard InChI is InChI=1S/C15H24N2O/c1-12-8-13(2)10-15(9-12)18-7-6-17-5-4-16-14(3)11-17/h8-10,14,16H,4-7,11H2,1-3H3. The molecule has 0 amide bonds. The second kappa shape index (κ2) is 6.21. The molecule has 0 radical (unpaired) electrons. The average Bonchev–Trinajstić information content (AvgIpc) is 2.27. The Morgan fingerprint density at radius 2 is 2.00 bits per heavy atom. The van der Waals surface area contributed by atoms with E-state index < -0.39 is 0 Å². The SMILES string of the molecule is Cc1cc(C)cc(OCCN2CCNC(C)C2)c1. The van der Waals surface area contributed by atoms with Gasteiger partial charge in [-0.15, -0.1) is 0 Å². The van der Waals surface area contributed by atoms with E-state index in [9.17, 15) is 0 Å². The van der Waals surface area contributed by atoms with Gasteiger partial charge in [-0.1, -0.05) is 6.07 Å². The van der Waals surface area contributed by atoms with Crippen molar-refractivity contribution in [3.8, 4) is 5.75 Å². The summed E-state index contributed by atoms with van der Waals surface area (Å²) in [5, 5.41) is 3.45. The van der Waals surface area contributed by atoms with Crippen LogP contribution in [0.5, 0.6) is 5.75 Å². The van der Waals surface area contributed by atoms with Crippen LogP contribution in [0.25, 0.3) is 0 Å². The van der Waals surface area contributed by atoms with Crippen molar-refractivity contribution < 1.29 is 4.74 Å². The van der Waals surface area contributed by atoms with E-state index in [1.165, 1.54) is 11.1 Å². The Bertz CT molecular complexity index is 372. The van der Waals surface area contributed by atoms with E-state index in [4.69, 9.17) is 4.74 Å². The minimum Gasteiger partial charge on any atom is -0.492 e. The van der Waals surface area contributed by atoms with Gasteiger partial charge in [-0.2, -0.15) is 0 Å². The lowest BCUT2D eigenvalue weighted by Gasteiger charge is -2.31. The highest BCUT2D eigenvalue weighted by atomic mass is 16.5. The summed E-state index contributed by atoms with van der Waals surface area (Å²) in [6.45, 7) is 11.6. The molecule has 1 N–H and O–H groups in total. The Labute approximate surface area is 110 Å². The summed E-state index contributed by atoms with van der Waals surface area (Å²) < 4.78 is 5.84. The molecule has 3 heteroatoms. The Kier molecular flexibility index (Phi) is 4.61. The number of piperazine rings is 1. The second-order valence-electron chi connectivity index (χ2n) is 5.33. The molecule has 1 heterocycles. The van der Waals surface area contributed by atoms with Gasteiger partial charge in [-0.05, 0) is 44.0 Å². The van der Waals surface area contributed by atoms with E-state index in [-0.39, 0.29) is 0 Å². The summed E-state index contributed by atoms with van der Waals surface area (Å²) >= 11 is 0. The summed E-state index contributed by atoms with van der Waals surface area (Å²) in [6, 6.07) is 6.98. The maximum absolute atomic E-state index is 5.84. The number of ether oxygens (including phenoxy) is 1. The predicted molar refractivity (Wildman–Crippen MR) is 75.3 cm³/mol. The van der Waals surface area contributed by atoms with Crippen molar-refractivity contribution in [2.45, 2.75) is 26.8 Å². The minimum atomic E-state index is 0.597. The van der Waals surface area contributed by atoms with Crippen LogP contribution >= 0.6 is 0 Å². The monoisotopic (exact) mass is 248 g/mol. The number of hydrogen-bond acceptors (Lipinski definition) is 3. The van der Waals surface area contributed by atoms with Gasteiger partial charge in [0.15, 0.2) is 0 Å². The van der Waals surface area contributed by atoms with Crippen molar-refractivity contribution in [1.82, 2.24) is 10.2 Å². The molecule has 0 aromatic heterocycles. The van der Waals surface area contributed by atoms with Crippen molar-refractivity contribution in [1.29, 1.82) is 0 Å². The molecular formula is C15H24N2O. The van der Waals surface area contributed by atoms with Crippen LogP contribution in [0.4, 0.5) is 0 Å². The lowest BCUT2D eigenvalue weighted by molar-refractivity contribution is 0.170. The fraction of sp³-hybridized carbons (Fsp3) is 0.600. The molecule has 1 atom stereocenters. The van der Waals surface area contributed by atoms with Crippen LogP contribution in [-0.2, 0) is 0 Å². The van der Waals surface area contributed by atoms with Crippen molar-refractivity contribution in [2.75, 3.05) is 32.8 Å². The molecule has 1 aromatic rings. The largest absolute Gasteiger partial charge is 0.492 e. The molecule has 18 heavy (non-hydrogen) atoms. The van der Waals surface area contributed by atoms with Gasteiger partial charge in [0.25, 0.3) is 0 Å². The van der Waals surface area contributed by atoms with Crippen molar-refractivity contribution in [3.63, 3.8) is 0 Å². The van der Waals surface area contributed by atoms with Crippen LogP contribution in [0, 0.1) is 13.8 Å². The molecule has 2 rings (SSSR count). The minimum absolute atomic E-state index is 0.597. The van der Waals surface area contributed by atoms with Crippen LogP contribution < -0.4 is 10.1 Å². The zero-order chi connectivity index (χ0) is 13.0. The molecule has 1 aliphatic rings. The summed E-state index contributed by atoms with van der Waals surface area (Å²) in [5.74, 6) is 0.996. The van der Waals surface area contributed by atoms with Gasteiger partial charge in [-0.3, -0.25) is 4.90 Å². The molecule has 1 aromatic carbocycles. The highest BCUT2D eigenvalue weighted by Gasteiger charge is 2.14. The maximum Gasteiger partial charge on any atom is 0.119 e. The number of nitrogens with one attached hydrogen (secondary N) is 1. The average molecular weight is 248 g/mol. The first kappa shape index (κ1) is 13.4. The van der Waals surface area contributed by atoms with Crippen molar-refractivity contribution >= 4 is 0 Å². The van der Waals surface area contributed by atoms with E-state index in [0.717, 1.165) is 38.5 Å². The van der Waals surface area contributed by atoms with Gasteiger partial charge in [0.05, 0.1) is 0 Å². The van der Waals surface area contributed by atoms with E-state index in [1.54, 1.807) is 0 Å². The first-order valence-corrected chi connectivity index (χ1v) is 6.80. The Morgan fingerprint density at radius 3 is 2.67 bits per heavy atom. The number of rotatable bonds is 4. The van der Waals surface area contributed by atoms with Crippen molar-refractivity contribution in [3.05, 3.63) is 29.3 Å². The quantitative estimate of drug-likeness (QED) is 0.882. The van der Waals surface area contributed by atoms with E-state index in [0.29, 0.717) is 6.04 Å². The van der Waals surface area contributed by atoms with Crippen LogP contribution in [0.2, 0.25) is 0 Å². The zero-order valence-electron chi connectivity index (χ0n) is 11.7. The summed E-state index contributed by atoms with van der Waals surface area (Å²) in [4.78, 5) is 2.46. The Morgan fingerprint density at radius 1 is 1.28 bits per heavy atom. The van der Waals surface area contributed by atoms with E-state index in [1.807, 2.05) is 0 Å². The third-order valence-corrected chi connectivity index (χ3v) is 3.32. The second-order valence-corrected chi connectivity index (χ2v) is 5.33. The first-order valence-electron chi connectivity index (χ1n) is 6.80. The summed E-state index contributed by atoms with van der Waals surface area (Å²) in [7, 11) is 0. The van der Waals surface area contributed by atoms with E-state index >= 15 is 0 Å². The van der Waals surface area contributed by atoms with Gasteiger partial charge >= 0.3 is 0 Å². The summed E-state index contributed by atoms with van der Waals surface area (Å²) in [6.07, 6.45) is 0. The third kappa shape index (κ3) is 4.00. The summed E-state index contributed by atoms with van der Waals surface area (Å²) in [5.41, 5.74) is 2.53. The number of hydrogen-bond donors (Lipinski definition) is 1. The number of aryl methyl sites for hydroxylation is 2. The van der Waals surface area contributed by atoms with Gasteiger partial charge in [0.2, 0.25) is 0 Å². The molecule has 1 fully saturated rings. The maximum atomic E-state index is 5.84. The zero-order valence-corrected chi connectivity index (χ0v) is 11.7. The van der Waals surface area contributed by atoms with Gasteiger partial charge < -0.3 is 10.1 Å². The molecule has 0 bridgehead atoms. The smallest absolute Gasteiger partial charge is 0.119 e. The molecule has 1 aliphatic heterocycles. The molecular weight excluding hydrogens is 224 g/mol. The van der Waals surface area contributed by atoms with Crippen LogP contribution in [0.1, 0.15) is 18.1 Å². The van der Waals surface area contributed by atoms with Gasteiger partial charge in [0, 0.05) is 32.2 Å². The van der Waals surface area contributed by atoms with Gasteiger partial charge in [0.1, 0.15) is 12.4 Å². The molecule has 100 valence electrons. The molecule has 0 aliphatic carbocycles. The number of nitrogens with zero attached hydrogens (tertiary/aromatic N) is 1. The highest BCUT2D eigenvalue weighted by Crippen LogP contribution is 2.16. The topological polar surface area (TPSA) is 24.5 Å². The lowest BCUT2D eigenvalue weighted by Crippen LogP contribution is -2.50. The molecule has 1 saturated heterocycles. The number of benzene rings is 1. The Hall–Kier alpha value is -1.06. The normalized spacial score (nSPS) is 20.9. The highest BCUT2D eigenvalue weighted by molar-refractivity contribution is 5.32. The third-order valence-electron chi connectivity index (χ3n) is 3.32. The lowest BCUT2D eigenvalue weighted by atomic mass is 10.1. The molecule has 0 spiro atoms. The van der Waals surface area contributed by atoms with Crippen LogP contribution in [-0.4, -0.2) is 43.7 Å². The van der Waals surface area contributed by atoms with Crippen LogP contribution in [0.15, 0.2) is 18.2 Å². The van der Waals surface area contributed by atoms with Gasteiger partial charge in [-0.25, -0.2) is 0 Å². The Balaban J connectivity index is 1.77. The first-order chi connectivity index (χ1) is 8.63. The van der Waals surface area contributed by atoms with Crippen molar-refractivity contribution in [2.24, 2.45) is 0 Å². The van der Waals surface area contributed by atoms with Crippen LogP contribution in [0.3, 0.4) is 0 Å².